The monoisotopic (exact) mass is 225 g/mol. The van der Waals surface area contributed by atoms with E-state index in [0.29, 0.717) is 5.02 Å². The van der Waals surface area contributed by atoms with E-state index >= 15 is 0 Å². The minimum absolute atomic E-state index is 0.343. The van der Waals surface area contributed by atoms with Crippen LogP contribution in [0.4, 0.5) is 0 Å². The van der Waals surface area contributed by atoms with Crippen LogP contribution >= 0.6 is 11.6 Å². The predicted molar refractivity (Wildman–Crippen MR) is 62.0 cm³/mol. The Labute approximate surface area is 95.3 Å². The molecule has 0 aromatic heterocycles. The first-order valence-electron chi connectivity index (χ1n) is 5.32. The molecule has 0 spiro atoms. The van der Waals surface area contributed by atoms with Gasteiger partial charge in [-0.1, -0.05) is 23.7 Å². The molecule has 2 rings (SSSR count). The van der Waals surface area contributed by atoms with Gasteiger partial charge in [-0.15, -0.1) is 0 Å². The van der Waals surface area contributed by atoms with Gasteiger partial charge in [0.1, 0.15) is 0 Å². The molecule has 2 N–H and O–H groups in total. The third-order valence-electron chi connectivity index (χ3n) is 3.24. The molecule has 1 saturated heterocycles. The minimum atomic E-state index is -0.358. The Morgan fingerprint density at radius 1 is 1.53 bits per heavy atom. The van der Waals surface area contributed by atoms with E-state index in [2.05, 4.69) is 5.32 Å². The molecule has 2 unspecified atom stereocenters. The molecule has 1 aromatic rings. The first-order chi connectivity index (χ1) is 7.13. The summed E-state index contributed by atoms with van der Waals surface area (Å²) in [5.41, 5.74) is 0.700. The molecule has 2 nitrogen and oxygen atoms in total. The second-order valence-electron chi connectivity index (χ2n) is 4.30. The molecule has 3 heteroatoms. The number of hydrogen-bond acceptors (Lipinski definition) is 2. The van der Waals surface area contributed by atoms with Gasteiger partial charge >= 0.3 is 0 Å². The summed E-state index contributed by atoms with van der Waals surface area (Å²) in [6.45, 7) is 2.97. The van der Waals surface area contributed by atoms with Crippen LogP contribution in [-0.2, 0) is 5.54 Å². The zero-order valence-corrected chi connectivity index (χ0v) is 9.59. The zero-order chi connectivity index (χ0) is 10.9. The van der Waals surface area contributed by atoms with Gasteiger partial charge in [0.15, 0.2) is 0 Å². The number of nitrogens with one attached hydrogen (secondary N) is 1. The van der Waals surface area contributed by atoms with E-state index in [0.717, 1.165) is 24.9 Å². The third-order valence-corrected chi connectivity index (χ3v) is 3.47. The summed E-state index contributed by atoms with van der Waals surface area (Å²) in [6, 6.07) is 7.70. The second-order valence-corrected chi connectivity index (χ2v) is 4.73. The SMILES string of the molecule is CC1(c2cccc(Cl)c2)NCCCC1O. The van der Waals surface area contributed by atoms with Crippen molar-refractivity contribution in [2.24, 2.45) is 0 Å². The molecule has 82 valence electrons. The van der Waals surface area contributed by atoms with E-state index in [1.807, 2.05) is 31.2 Å². The summed E-state index contributed by atoms with van der Waals surface area (Å²) in [6.07, 6.45) is 1.53. The van der Waals surface area contributed by atoms with E-state index in [1.54, 1.807) is 0 Å². The number of piperidine rings is 1. The van der Waals surface area contributed by atoms with Gasteiger partial charge in [0.25, 0.3) is 0 Å². The van der Waals surface area contributed by atoms with Crippen LogP contribution < -0.4 is 5.32 Å². The number of aliphatic hydroxyl groups is 1. The molecule has 1 fully saturated rings. The fraction of sp³-hybridized carbons (Fsp3) is 0.500. The van der Waals surface area contributed by atoms with E-state index in [-0.39, 0.29) is 11.6 Å². The molecule has 1 heterocycles. The smallest absolute Gasteiger partial charge is 0.0761 e. The van der Waals surface area contributed by atoms with Gasteiger partial charge in [-0.2, -0.15) is 0 Å². The van der Waals surface area contributed by atoms with Crippen LogP contribution in [0.3, 0.4) is 0 Å². The molecule has 0 amide bonds. The first kappa shape index (κ1) is 10.9. The van der Waals surface area contributed by atoms with Gasteiger partial charge < -0.3 is 10.4 Å². The fourth-order valence-corrected chi connectivity index (χ4v) is 2.35. The van der Waals surface area contributed by atoms with Crippen molar-refractivity contribution < 1.29 is 5.11 Å². The Balaban J connectivity index is 2.34. The molecule has 1 aromatic carbocycles. The highest BCUT2D eigenvalue weighted by Gasteiger charge is 2.36. The Morgan fingerprint density at radius 3 is 3.00 bits per heavy atom. The Bertz CT molecular complexity index is 355. The highest BCUT2D eigenvalue weighted by atomic mass is 35.5. The normalized spacial score (nSPS) is 31.5. The summed E-state index contributed by atoms with van der Waals surface area (Å²) >= 11 is 5.96. The summed E-state index contributed by atoms with van der Waals surface area (Å²) in [4.78, 5) is 0. The number of benzene rings is 1. The lowest BCUT2D eigenvalue weighted by Gasteiger charge is -2.40. The Kier molecular flexibility index (Phi) is 3.01. The van der Waals surface area contributed by atoms with Crippen molar-refractivity contribution >= 4 is 11.6 Å². The Morgan fingerprint density at radius 2 is 2.33 bits per heavy atom. The van der Waals surface area contributed by atoms with Gasteiger partial charge in [0, 0.05) is 5.02 Å². The number of halogens is 1. The maximum Gasteiger partial charge on any atom is 0.0761 e. The lowest BCUT2D eigenvalue weighted by atomic mass is 9.81. The van der Waals surface area contributed by atoms with Crippen LogP contribution in [0.25, 0.3) is 0 Å². The second kappa shape index (κ2) is 4.12. The van der Waals surface area contributed by atoms with Gasteiger partial charge in [-0.05, 0) is 44.0 Å². The van der Waals surface area contributed by atoms with Crippen molar-refractivity contribution in [3.63, 3.8) is 0 Å². The summed E-state index contributed by atoms with van der Waals surface area (Å²) in [5.74, 6) is 0. The average Bonchev–Trinajstić information content (AvgIpc) is 2.23. The largest absolute Gasteiger partial charge is 0.391 e. The third kappa shape index (κ3) is 2.03. The van der Waals surface area contributed by atoms with Crippen LogP contribution in [-0.4, -0.2) is 17.8 Å². The summed E-state index contributed by atoms with van der Waals surface area (Å²) in [7, 11) is 0. The molecule has 1 aliphatic rings. The fourth-order valence-electron chi connectivity index (χ4n) is 2.16. The van der Waals surface area contributed by atoms with Crippen molar-refractivity contribution in [3.8, 4) is 0 Å². The highest BCUT2D eigenvalue weighted by molar-refractivity contribution is 6.30. The molecule has 0 aliphatic carbocycles. The van der Waals surface area contributed by atoms with Gasteiger partial charge in [0.2, 0.25) is 0 Å². The van der Waals surface area contributed by atoms with Gasteiger partial charge in [-0.25, -0.2) is 0 Å². The number of aliphatic hydroxyl groups excluding tert-OH is 1. The van der Waals surface area contributed by atoms with Gasteiger partial charge in [0.05, 0.1) is 11.6 Å². The minimum Gasteiger partial charge on any atom is -0.391 e. The molecule has 0 saturated carbocycles. The summed E-state index contributed by atoms with van der Waals surface area (Å²) in [5, 5.41) is 14.2. The number of rotatable bonds is 1. The molecule has 0 bridgehead atoms. The average molecular weight is 226 g/mol. The molecule has 2 atom stereocenters. The maximum absolute atomic E-state index is 10.1. The van der Waals surface area contributed by atoms with Crippen molar-refractivity contribution in [3.05, 3.63) is 34.9 Å². The van der Waals surface area contributed by atoms with E-state index in [1.165, 1.54) is 0 Å². The van der Waals surface area contributed by atoms with Crippen LogP contribution in [0.2, 0.25) is 5.02 Å². The van der Waals surface area contributed by atoms with Crippen molar-refractivity contribution in [2.75, 3.05) is 6.54 Å². The van der Waals surface area contributed by atoms with Crippen molar-refractivity contribution in [2.45, 2.75) is 31.4 Å². The van der Waals surface area contributed by atoms with Gasteiger partial charge in [-0.3, -0.25) is 0 Å². The lowest BCUT2D eigenvalue weighted by molar-refractivity contribution is 0.0385. The maximum atomic E-state index is 10.1. The number of hydrogen-bond donors (Lipinski definition) is 2. The molecular formula is C12H16ClNO. The van der Waals surface area contributed by atoms with Crippen LogP contribution in [0.1, 0.15) is 25.3 Å². The highest BCUT2D eigenvalue weighted by Crippen LogP contribution is 2.31. The molecular weight excluding hydrogens is 210 g/mol. The molecule has 15 heavy (non-hydrogen) atoms. The quantitative estimate of drug-likeness (QED) is 0.769. The van der Waals surface area contributed by atoms with Crippen LogP contribution in [0.5, 0.6) is 0 Å². The van der Waals surface area contributed by atoms with Crippen molar-refractivity contribution in [1.29, 1.82) is 0 Å². The van der Waals surface area contributed by atoms with E-state index in [9.17, 15) is 5.11 Å². The lowest BCUT2D eigenvalue weighted by Crippen LogP contribution is -2.53. The van der Waals surface area contributed by atoms with Crippen molar-refractivity contribution in [1.82, 2.24) is 5.32 Å². The zero-order valence-electron chi connectivity index (χ0n) is 8.83. The first-order valence-corrected chi connectivity index (χ1v) is 5.70. The van der Waals surface area contributed by atoms with E-state index in [4.69, 9.17) is 11.6 Å². The predicted octanol–water partition coefficient (Wildman–Crippen LogP) is 2.30. The molecule has 1 aliphatic heterocycles. The van der Waals surface area contributed by atoms with Crippen LogP contribution in [0.15, 0.2) is 24.3 Å². The Hall–Kier alpha value is -0.570. The summed E-state index contributed by atoms with van der Waals surface area (Å²) < 4.78 is 0. The molecule has 0 radical (unpaired) electrons. The standard InChI is InChI=1S/C12H16ClNO/c1-12(11(15)6-3-7-14-12)9-4-2-5-10(13)8-9/h2,4-5,8,11,14-15H,3,6-7H2,1H3. The van der Waals surface area contributed by atoms with E-state index < -0.39 is 0 Å². The topological polar surface area (TPSA) is 32.3 Å². The van der Waals surface area contributed by atoms with Crippen LogP contribution in [0, 0.1) is 0 Å².